The zero-order valence-corrected chi connectivity index (χ0v) is 19.3. The second-order valence-corrected chi connectivity index (χ2v) is 9.08. The Bertz CT molecular complexity index is 1090. The molecule has 2 heterocycles. The van der Waals surface area contributed by atoms with E-state index in [2.05, 4.69) is 22.3 Å². The molecule has 0 fully saturated rings. The molecule has 1 N–H and O–H groups in total. The van der Waals surface area contributed by atoms with Gasteiger partial charge in [0, 0.05) is 10.9 Å². The molecule has 2 aromatic heterocycles. The summed E-state index contributed by atoms with van der Waals surface area (Å²) in [5.41, 5.74) is 3.58. The summed E-state index contributed by atoms with van der Waals surface area (Å²) >= 11 is 1.50. The fourth-order valence-corrected chi connectivity index (χ4v) is 5.30. The number of anilines is 1. The number of fused-ring (bicyclic) bond motifs is 1. The van der Waals surface area contributed by atoms with Gasteiger partial charge in [-0.15, -0.1) is 11.3 Å². The van der Waals surface area contributed by atoms with Crippen LogP contribution in [0.2, 0.25) is 0 Å². The largest absolute Gasteiger partial charge is 0.465 e. The van der Waals surface area contributed by atoms with Gasteiger partial charge >= 0.3 is 5.97 Å². The van der Waals surface area contributed by atoms with E-state index >= 15 is 0 Å². The second kappa shape index (κ2) is 9.62. The zero-order valence-electron chi connectivity index (χ0n) is 18.5. The first kappa shape index (κ1) is 22.2. The molecule has 1 amide bonds. The van der Waals surface area contributed by atoms with E-state index in [0.717, 1.165) is 42.5 Å². The van der Waals surface area contributed by atoms with Crippen LogP contribution in [-0.4, -0.2) is 52.2 Å². The van der Waals surface area contributed by atoms with Gasteiger partial charge in [-0.05, 0) is 62.9 Å². The Kier molecular flexibility index (Phi) is 6.66. The van der Waals surface area contributed by atoms with Crippen LogP contribution >= 0.6 is 11.3 Å². The molecule has 3 aromatic rings. The van der Waals surface area contributed by atoms with Gasteiger partial charge in [-0.1, -0.05) is 12.1 Å². The molecule has 1 aromatic carbocycles. The molecular formula is C23H27N5O3S. The number of esters is 1. The number of ether oxygens (including phenoxy) is 1. The average molecular weight is 454 g/mol. The summed E-state index contributed by atoms with van der Waals surface area (Å²) in [6.07, 6.45) is 7.11. The molecule has 4 rings (SSSR count). The quantitative estimate of drug-likeness (QED) is 0.550. The van der Waals surface area contributed by atoms with Crippen molar-refractivity contribution in [1.82, 2.24) is 19.7 Å². The summed E-state index contributed by atoms with van der Waals surface area (Å²) in [7, 11) is 3.29. The molecule has 1 atom stereocenters. The lowest BCUT2D eigenvalue weighted by atomic mass is 9.95. The fraction of sp³-hybridized carbons (Fsp3) is 0.391. The van der Waals surface area contributed by atoms with Gasteiger partial charge < -0.3 is 10.1 Å². The summed E-state index contributed by atoms with van der Waals surface area (Å²) in [5, 5.41) is 7.71. The van der Waals surface area contributed by atoms with Crippen LogP contribution in [-0.2, 0) is 22.4 Å². The molecule has 9 heteroatoms. The maximum absolute atomic E-state index is 12.8. The summed E-state index contributed by atoms with van der Waals surface area (Å²) in [5.74, 6) is -0.531. The molecule has 0 spiro atoms. The SMILES string of the molecule is COC(=O)c1c(NC(=O)CN(C)[C@H](C)c2ccc(-n3cncn3)cc2)sc2c1CCCC2. The van der Waals surface area contributed by atoms with Crippen molar-refractivity contribution in [3.63, 3.8) is 0 Å². The standard InChI is InChI=1S/C23H27N5O3S/c1-15(16-8-10-17(11-9-16)28-14-24-13-25-28)27(2)12-20(29)26-22-21(23(30)31-3)18-6-4-5-7-19(18)32-22/h8-11,13-15H,4-7,12H2,1-3H3,(H,26,29)/t15-/m1/s1. The predicted octanol–water partition coefficient (Wildman–Crippen LogP) is 3.63. The van der Waals surface area contributed by atoms with Crippen molar-refractivity contribution in [1.29, 1.82) is 0 Å². The van der Waals surface area contributed by atoms with Crippen LogP contribution in [0, 0.1) is 0 Å². The normalized spacial score (nSPS) is 14.1. The molecule has 1 aliphatic rings. The maximum atomic E-state index is 12.8. The van der Waals surface area contributed by atoms with Crippen molar-refractivity contribution in [2.45, 2.75) is 38.6 Å². The van der Waals surface area contributed by atoms with Crippen LogP contribution in [0.4, 0.5) is 5.00 Å². The molecular weight excluding hydrogens is 426 g/mol. The van der Waals surface area contributed by atoms with E-state index in [1.165, 1.54) is 29.7 Å². The van der Waals surface area contributed by atoms with E-state index in [1.54, 1.807) is 11.0 Å². The van der Waals surface area contributed by atoms with Crippen molar-refractivity contribution >= 4 is 28.2 Å². The highest BCUT2D eigenvalue weighted by Gasteiger charge is 2.27. The van der Waals surface area contributed by atoms with Crippen LogP contribution in [0.5, 0.6) is 0 Å². The number of carbonyl (C=O) groups is 2. The molecule has 8 nitrogen and oxygen atoms in total. The van der Waals surface area contributed by atoms with E-state index in [1.807, 2.05) is 36.2 Å². The highest BCUT2D eigenvalue weighted by molar-refractivity contribution is 7.17. The van der Waals surface area contributed by atoms with E-state index < -0.39 is 0 Å². The van der Waals surface area contributed by atoms with E-state index in [-0.39, 0.29) is 24.5 Å². The van der Waals surface area contributed by atoms with Crippen molar-refractivity contribution in [3.05, 3.63) is 58.5 Å². The number of nitrogens with one attached hydrogen (secondary N) is 1. The summed E-state index contributed by atoms with van der Waals surface area (Å²) in [4.78, 5) is 32.3. The first-order valence-electron chi connectivity index (χ1n) is 10.7. The number of methoxy groups -OCH3 is 1. The minimum atomic E-state index is -0.381. The first-order chi connectivity index (χ1) is 15.5. The van der Waals surface area contributed by atoms with Crippen LogP contribution in [0.1, 0.15) is 52.2 Å². The summed E-state index contributed by atoms with van der Waals surface area (Å²) in [6.45, 7) is 2.26. The zero-order chi connectivity index (χ0) is 22.7. The number of hydrogen-bond donors (Lipinski definition) is 1. The Morgan fingerprint density at radius 1 is 1.25 bits per heavy atom. The Morgan fingerprint density at radius 2 is 2.00 bits per heavy atom. The molecule has 32 heavy (non-hydrogen) atoms. The number of aromatic nitrogens is 3. The van der Waals surface area contributed by atoms with Crippen LogP contribution in [0.25, 0.3) is 5.69 Å². The van der Waals surface area contributed by atoms with Gasteiger partial charge in [0.15, 0.2) is 0 Å². The second-order valence-electron chi connectivity index (χ2n) is 7.98. The third-order valence-corrected chi connectivity index (χ3v) is 7.13. The third-order valence-electron chi connectivity index (χ3n) is 5.93. The lowest BCUT2D eigenvalue weighted by molar-refractivity contribution is -0.117. The Morgan fingerprint density at radius 3 is 2.69 bits per heavy atom. The fourth-order valence-electron chi connectivity index (χ4n) is 4.00. The lowest BCUT2D eigenvalue weighted by Gasteiger charge is -2.24. The van der Waals surface area contributed by atoms with Gasteiger partial charge in [0.2, 0.25) is 5.91 Å². The summed E-state index contributed by atoms with van der Waals surface area (Å²) < 4.78 is 6.69. The molecule has 0 unspecified atom stereocenters. The number of amides is 1. The smallest absolute Gasteiger partial charge is 0.341 e. The highest BCUT2D eigenvalue weighted by atomic mass is 32.1. The number of benzene rings is 1. The van der Waals surface area contributed by atoms with Crippen LogP contribution in [0.3, 0.4) is 0 Å². The van der Waals surface area contributed by atoms with E-state index in [9.17, 15) is 9.59 Å². The van der Waals surface area contributed by atoms with Gasteiger partial charge in [-0.2, -0.15) is 5.10 Å². The molecule has 0 saturated heterocycles. The number of hydrogen-bond acceptors (Lipinski definition) is 7. The lowest BCUT2D eigenvalue weighted by Crippen LogP contribution is -2.32. The first-order valence-corrected chi connectivity index (χ1v) is 11.5. The molecule has 168 valence electrons. The summed E-state index contributed by atoms with van der Waals surface area (Å²) in [6, 6.07) is 8.04. The van der Waals surface area contributed by atoms with Crippen LogP contribution in [0.15, 0.2) is 36.9 Å². The van der Waals surface area contributed by atoms with E-state index in [4.69, 9.17) is 4.74 Å². The van der Waals surface area contributed by atoms with Crippen molar-refractivity contribution < 1.29 is 14.3 Å². The number of aryl methyl sites for hydroxylation is 1. The highest BCUT2D eigenvalue weighted by Crippen LogP contribution is 2.38. The molecule has 0 saturated carbocycles. The Hall–Kier alpha value is -3.04. The van der Waals surface area contributed by atoms with Crippen molar-refractivity contribution in [3.8, 4) is 5.69 Å². The number of nitrogens with zero attached hydrogens (tertiary/aromatic N) is 4. The maximum Gasteiger partial charge on any atom is 0.341 e. The van der Waals surface area contributed by atoms with E-state index in [0.29, 0.717) is 10.6 Å². The van der Waals surface area contributed by atoms with Gasteiger partial charge in [0.1, 0.15) is 17.7 Å². The Balaban J connectivity index is 1.43. The van der Waals surface area contributed by atoms with Gasteiger partial charge in [0.05, 0.1) is 24.9 Å². The van der Waals surface area contributed by atoms with Crippen LogP contribution < -0.4 is 5.32 Å². The monoisotopic (exact) mass is 453 g/mol. The topological polar surface area (TPSA) is 89.4 Å². The van der Waals surface area contributed by atoms with Crippen molar-refractivity contribution in [2.24, 2.45) is 0 Å². The number of likely N-dealkylation sites (N-methyl/N-ethyl adjacent to an activating group) is 1. The van der Waals surface area contributed by atoms with Crippen molar-refractivity contribution in [2.75, 3.05) is 26.0 Å². The molecule has 0 aliphatic heterocycles. The van der Waals surface area contributed by atoms with Gasteiger partial charge in [0.25, 0.3) is 0 Å². The molecule has 0 bridgehead atoms. The number of rotatable bonds is 7. The minimum Gasteiger partial charge on any atom is -0.465 e. The number of thiophene rings is 1. The van der Waals surface area contributed by atoms with Gasteiger partial charge in [-0.3, -0.25) is 9.69 Å². The molecule has 1 aliphatic carbocycles. The Labute approximate surface area is 191 Å². The third kappa shape index (κ3) is 4.58. The minimum absolute atomic E-state index is 0.0298. The number of carbonyl (C=O) groups excluding carboxylic acids is 2. The average Bonchev–Trinajstić information content (AvgIpc) is 3.46. The molecule has 0 radical (unpaired) electrons. The van der Waals surface area contributed by atoms with Gasteiger partial charge in [-0.25, -0.2) is 14.5 Å². The predicted molar refractivity (Wildman–Crippen MR) is 123 cm³/mol.